The Labute approximate surface area is 184 Å². The number of H-pyrrole nitrogens is 1. The van der Waals surface area contributed by atoms with Crippen molar-refractivity contribution in [2.24, 2.45) is 0 Å². The Morgan fingerprint density at radius 2 is 1.94 bits per heavy atom. The van der Waals surface area contributed by atoms with E-state index in [0.717, 1.165) is 27.0 Å². The number of anilines is 1. The van der Waals surface area contributed by atoms with Gasteiger partial charge in [0.2, 0.25) is 0 Å². The van der Waals surface area contributed by atoms with Crippen molar-refractivity contribution in [2.45, 2.75) is 20.8 Å². The van der Waals surface area contributed by atoms with Crippen LogP contribution in [0.1, 0.15) is 39.7 Å². The molecule has 0 aliphatic heterocycles. The topological polar surface area (TPSA) is 91.0 Å². The van der Waals surface area contributed by atoms with Gasteiger partial charge < -0.3 is 10.2 Å². The fourth-order valence-corrected chi connectivity index (χ4v) is 4.09. The number of thiazole rings is 1. The minimum atomic E-state index is -0.269. The summed E-state index contributed by atoms with van der Waals surface area (Å²) in [6, 6.07) is 11.4. The van der Waals surface area contributed by atoms with Gasteiger partial charge in [-0.3, -0.25) is 14.7 Å². The molecule has 2 N–H and O–H groups in total. The van der Waals surface area contributed by atoms with E-state index in [2.05, 4.69) is 20.5 Å². The summed E-state index contributed by atoms with van der Waals surface area (Å²) in [6.07, 6.45) is 1.68. The SMILES string of the molecule is CCN(CC)C(=O)c1cccc(-c2cc(NC(=O)c3csc(C)n3)c3cn[nH]c3c2)c1. The molecule has 2 aromatic heterocycles. The maximum absolute atomic E-state index is 12.8. The lowest BCUT2D eigenvalue weighted by molar-refractivity contribution is 0.0773. The summed E-state index contributed by atoms with van der Waals surface area (Å²) in [5, 5.41) is 13.4. The van der Waals surface area contributed by atoms with Crippen LogP contribution in [-0.2, 0) is 0 Å². The molecule has 0 aliphatic carbocycles. The molecule has 0 fully saturated rings. The van der Waals surface area contributed by atoms with Crippen LogP contribution in [0.15, 0.2) is 48.0 Å². The Morgan fingerprint density at radius 1 is 1.13 bits per heavy atom. The van der Waals surface area contributed by atoms with Crippen LogP contribution < -0.4 is 5.32 Å². The molecule has 2 amide bonds. The van der Waals surface area contributed by atoms with Gasteiger partial charge in [-0.05, 0) is 56.2 Å². The zero-order valence-corrected chi connectivity index (χ0v) is 18.4. The van der Waals surface area contributed by atoms with Crippen LogP contribution in [0.5, 0.6) is 0 Å². The fourth-order valence-electron chi connectivity index (χ4n) is 3.50. The van der Waals surface area contributed by atoms with E-state index in [1.54, 1.807) is 16.5 Å². The zero-order chi connectivity index (χ0) is 22.0. The molecule has 0 atom stereocenters. The average molecular weight is 434 g/mol. The minimum absolute atomic E-state index is 0.00176. The van der Waals surface area contributed by atoms with Crippen LogP contribution in [0.4, 0.5) is 5.69 Å². The highest BCUT2D eigenvalue weighted by atomic mass is 32.1. The van der Waals surface area contributed by atoms with Gasteiger partial charge in [-0.2, -0.15) is 5.10 Å². The molecule has 7 nitrogen and oxygen atoms in total. The van der Waals surface area contributed by atoms with Crippen molar-refractivity contribution in [1.29, 1.82) is 0 Å². The van der Waals surface area contributed by atoms with Crippen molar-refractivity contribution in [3.8, 4) is 11.1 Å². The summed E-state index contributed by atoms with van der Waals surface area (Å²) in [5.74, 6) is -0.267. The molecule has 0 saturated carbocycles. The first-order valence-corrected chi connectivity index (χ1v) is 11.0. The van der Waals surface area contributed by atoms with Crippen LogP contribution in [0, 0.1) is 6.92 Å². The molecule has 0 unspecified atom stereocenters. The van der Waals surface area contributed by atoms with Crippen molar-refractivity contribution >= 4 is 39.7 Å². The maximum atomic E-state index is 12.8. The van der Waals surface area contributed by atoms with Crippen LogP contribution >= 0.6 is 11.3 Å². The largest absolute Gasteiger partial charge is 0.339 e. The molecule has 0 radical (unpaired) electrons. The van der Waals surface area contributed by atoms with E-state index >= 15 is 0 Å². The number of carbonyl (C=O) groups is 2. The normalized spacial score (nSPS) is 10.9. The van der Waals surface area contributed by atoms with Gasteiger partial charge in [0.25, 0.3) is 11.8 Å². The number of hydrogen-bond donors (Lipinski definition) is 2. The molecule has 4 aromatic rings. The van der Waals surface area contributed by atoms with E-state index in [1.165, 1.54) is 11.3 Å². The van der Waals surface area contributed by atoms with Gasteiger partial charge in [0, 0.05) is 29.4 Å². The predicted molar refractivity (Wildman–Crippen MR) is 124 cm³/mol. The Hall–Kier alpha value is -3.52. The van der Waals surface area contributed by atoms with Crippen molar-refractivity contribution in [3.63, 3.8) is 0 Å². The van der Waals surface area contributed by atoms with Gasteiger partial charge >= 0.3 is 0 Å². The highest BCUT2D eigenvalue weighted by Gasteiger charge is 2.16. The number of aromatic amines is 1. The number of aromatic nitrogens is 3. The molecule has 8 heteroatoms. The summed E-state index contributed by atoms with van der Waals surface area (Å²) < 4.78 is 0. The van der Waals surface area contributed by atoms with E-state index in [0.29, 0.717) is 30.0 Å². The van der Waals surface area contributed by atoms with Gasteiger partial charge in [-0.1, -0.05) is 12.1 Å². The fraction of sp³-hybridized carbons (Fsp3) is 0.217. The predicted octanol–water partition coefficient (Wildman–Crippen LogP) is 4.73. The van der Waals surface area contributed by atoms with Crippen LogP contribution in [0.2, 0.25) is 0 Å². The third kappa shape index (κ3) is 4.20. The highest BCUT2D eigenvalue weighted by Crippen LogP contribution is 2.31. The Kier molecular flexibility index (Phi) is 5.81. The van der Waals surface area contributed by atoms with Crippen molar-refractivity contribution in [2.75, 3.05) is 18.4 Å². The molecule has 0 bridgehead atoms. The van der Waals surface area contributed by atoms with E-state index in [-0.39, 0.29) is 11.8 Å². The number of rotatable bonds is 6. The molecule has 0 spiro atoms. The molecule has 4 rings (SSSR count). The van der Waals surface area contributed by atoms with E-state index in [4.69, 9.17) is 0 Å². The molecular formula is C23H23N5O2S. The first-order valence-electron chi connectivity index (χ1n) is 10.1. The second kappa shape index (κ2) is 8.69. The quantitative estimate of drug-likeness (QED) is 0.460. The summed E-state index contributed by atoms with van der Waals surface area (Å²) in [4.78, 5) is 31.5. The first kappa shape index (κ1) is 20.7. The van der Waals surface area contributed by atoms with Crippen LogP contribution in [-0.4, -0.2) is 45.0 Å². The van der Waals surface area contributed by atoms with Crippen LogP contribution in [0.25, 0.3) is 22.0 Å². The van der Waals surface area contributed by atoms with Crippen molar-refractivity contribution < 1.29 is 9.59 Å². The van der Waals surface area contributed by atoms with Crippen LogP contribution in [0.3, 0.4) is 0 Å². The molecule has 0 saturated heterocycles. The third-order valence-corrected chi connectivity index (χ3v) is 5.93. The number of nitrogens with one attached hydrogen (secondary N) is 2. The number of hydrogen-bond acceptors (Lipinski definition) is 5. The standard InChI is InChI=1S/C23H23N5O2S/c1-4-28(5-2)23(30)16-8-6-7-15(9-16)17-10-19(18-12-24-27-20(18)11-17)26-22(29)21-13-31-14(3)25-21/h6-13H,4-5H2,1-3H3,(H,24,27)(H,26,29). The van der Waals surface area contributed by atoms with Gasteiger partial charge in [-0.15, -0.1) is 11.3 Å². The van der Waals surface area contributed by atoms with E-state index in [1.807, 2.05) is 57.2 Å². The molecule has 2 heterocycles. The van der Waals surface area contributed by atoms with Gasteiger partial charge in [0.05, 0.1) is 22.4 Å². The number of aryl methyl sites for hydroxylation is 1. The maximum Gasteiger partial charge on any atom is 0.275 e. The molecule has 158 valence electrons. The van der Waals surface area contributed by atoms with Gasteiger partial charge in [0.15, 0.2) is 0 Å². The lowest BCUT2D eigenvalue weighted by Crippen LogP contribution is -2.30. The highest BCUT2D eigenvalue weighted by molar-refractivity contribution is 7.09. The number of amides is 2. The molecule has 31 heavy (non-hydrogen) atoms. The Balaban J connectivity index is 1.71. The summed E-state index contributed by atoms with van der Waals surface area (Å²) in [5.41, 5.74) is 4.20. The second-order valence-electron chi connectivity index (χ2n) is 7.12. The van der Waals surface area contributed by atoms with Crippen molar-refractivity contribution in [3.05, 3.63) is 64.2 Å². The second-order valence-corrected chi connectivity index (χ2v) is 8.18. The number of benzene rings is 2. The van der Waals surface area contributed by atoms with Gasteiger partial charge in [0.1, 0.15) is 5.69 Å². The first-order chi connectivity index (χ1) is 15.0. The average Bonchev–Trinajstić information content (AvgIpc) is 3.43. The van der Waals surface area contributed by atoms with Gasteiger partial charge in [-0.25, -0.2) is 4.98 Å². The third-order valence-electron chi connectivity index (χ3n) is 5.15. The summed E-state index contributed by atoms with van der Waals surface area (Å²) in [6.45, 7) is 7.12. The lowest BCUT2D eigenvalue weighted by Gasteiger charge is -2.19. The Morgan fingerprint density at radius 3 is 2.65 bits per heavy atom. The minimum Gasteiger partial charge on any atom is -0.339 e. The molecule has 2 aromatic carbocycles. The molecular weight excluding hydrogens is 410 g/mol. The Bertz CT molecular complexity index is 1260. The number of nitrogens with zero attached hydrogens (tertiary/aromatic N) is 3. The number of fused-ring (bicyclic) bond motifs is 1. The van der Waals surface area contributed by atoms with E-state index < -0.39 is 0 Å². The number of carbonyl (C=O) groups excluding carboxylic acids is 2. The summed E-state index contributed by atoms with van der Waals surface area (Å²) in [7, 11) is 0. The molecule has 0 aliphatic rings. The van der Waals surface area contributed by atoms with Crippen molar-refractivity contribution in [1.82, 2.24) is 20.1 Å². The monoisotopic (exact) mass is 433 g/mol. The lowest BCUT2D eigenvalue weighted by atomic mass is 10.0. The summed E-state index contributed by atoms with van der Waals surface area (Å²) >= 11 is 1.43. The smallest absolute Gasteiger partial charge is 0.275 e. The van der Waals surface area contributed by atoms with E-state index in [9.17, 15) is 9.59 Å². The zero-order valence-electron chi connectivity index (χ0n) is 17.6.